The molecule has 1 fully saturated rings. The van der Waals surface area contributed by atoms with Gasteiger partial charge in [-0.05, 0) is 6.42 Å². The van der Waals surface area contributed by atoms with E-state index >= 15 is 0 Å². The molecule has 0 radical (unpaired) electrons. The molecule has 37 heavy (non-hydrogen) atoms. The topological polar surface area (TPSA) is 55.8 Å². The Bertz CT molecular complexity index is 721. The molecule has 0 spiro atoms. The number of phosphoric ester groups is 1. The van der Waals surface area contributed by atoms with Crippen LogP contribution in [0.5, 0.6) is 0 Å². The Balaban J connectivity index is 1.40. The molecule has 0 bridgehead atoms. The molecule has 1 aliphatic rings. The van der Waals surface area contributed by atoms with Crippen molar-refractivity contribution in [3.63, 3.8) is 0 Å². The van der Waals surface area contributed by atoms with Crippen LogP contribution >= 0.6 is 7.82 Å². The molecule has 1 N–H and O–H groups in total. The highest BCUT2D eigenvalue weighted by atomic mass is 31.2. The fourth-order valence-electron chi connectivity index (χ4n) is 5.50. The molecule has 0 aliphatic carbocycles. The van der Waals surface area contributed by atoms with E-state index in [9.17, 15) is 9.46 Å². The standard InChI is InChI=1S/C31H56NO4P/c1-3-4-5-6-7-8-9-10-11-12-13-14-15-16-17-21-28-35-37(33,34)36-31-24-26-32(2,27-25-31)29-30-22-19-18-20-23-30/h18-20,22-23,31H,3-17,21,24-29H2,1-2H3/p+1. The first-order valence-electron chi connectivity index (χ1n) is 15.5. The second-order valence-electron chi connectivity index (χ2n) is 11.6. The Hall–Kier alpha value is -0.710. The number of hydrogen-bond acceptors (Lipinski definition) is 3. The molecule has 1 aromatic carbocycles. The maximum atomic E-state index is 12.4. The summed E-state index contributed by atoms with van der Waals surface area (Å²) in [6.07, 6.45) is 22.4. The van der Waals surface area contributed by atoms with Gasteiger partial charge in [-0.2, -0.15) is 0 Å². The zero-order chi connectivity index (χ0) is 26.7. The number of hydrogen-bond donors (Lipinski definition) is 1. The van der Waals surface area contributed by atoms with E-state index in [2.05, 4.69) is 38.2 Å². The number of quaternary nitrogens is 1. The molecule has 1 aliphatic heterocycles. The number of nitrogens with zero attached hydrogens (tertiary/aromatic N) is 1. The number of likely N-dealkylation sites (tertiary alicyclic amines) is 1. The van der Waals surface area contributed by atoms with Gasteiger partial charge in [-0.25, -0.2) is 4.57 Å². The second-order valence-corrected chi connectivity index (χ2v) is 13.0. The molecular weight excluding hydrogens is 481 g/mol. The summed E-state index contributed by atoms with van der Waals surface area (Å²) >= 11 is 0. The van der Waals surface area contributed by atoms with Crippen molar-refractivity contribution in [2.24, 2.45) is 0 Å². The van der Waals surface area contributed by atoms with Crippen LogP contribution in [0.2, 0.25) is 0 Å². The van der Waals surface area contributed by atoms with E-state index in [-0.39, 0.29) is 6.10 Å². The quantitative estimate of drug-likeness (QED) is 0.0908. The van der Waals surface area contributed by atoms with Crippen LogP contribution in [0.15, 0.2) is 30.3 Å². The first-order valence-corrected chi connectivity index (χ1v) is 17.0. The van der Waals surface area contributed by atoms with Crippen LogP contribution in [0.3, 0.4) is 0 Å². The minimum absolute atomic E-state index is 0.191. The summed E-state index contributed by atoms with van der Waals surface area (Å²) < 4.78 is 24.2. The lowest BCUT2D eigenvalue weighted by Gasteiger charge is -2.40. The first-order chi connectivity index (χ1) is 17.9. The smallest absolute Gasteiger partial charge is 0.322 e. The number of unbranched alkanes of at least 4 members (excludes halogenated alkanes) is 15. The van der Waals surface area contributed by atoms with Gasteiger partial charge in [0.15, 0.2) is 0 Å². The maximum absolute atomic E-state index is 12.4. The molecule has 214 valence electrons. The average molecular weight is 539 g/mol. The normalized spacial score (nSPS) is 21.6. The summed E-state index contributed by atoms with van der Waals surface area (Å²) in [6.45, 7) is 5.46. The van der Waals surface area contributed by atoms with Gasteiger partial charge >= 0.3 is 7.82 Å². The van der Waals surface area contributed by atoms with Crippen molar-refractivity contribution in [3.8, 4) is 0 Å². The molecule has 6 heteroatoms. The van der Waals surface area contributed by atoms with Gasteiger partial charge in [-0.1, -0.05) is 134 Å². The van der Waals surface area contributed by atoms with E-state index in [0.717, 1.165) is 49.8 Å². The summed E-state index contributed by atoms with van der Waals surface area (Å²) in [4.78, 5) is 10.2. The Morgan fingerprint density at radius 2 is 1.24 bits per heavy atom. The third-order valence-electron chi connectivity index (χ3n) is 7.92. The average Bonchev–Trinajstić information content (AvgIpc) is 2.88. The lowest BCUT2D eigenvalue weighted by atomic mass is 10.0. The molecule has 1 unspecified atom stereocenters. The predicted octanol–water partition coefficient (Wildman–Crippen LogP) is 9.19. The van der Waals surface area contributed by atoms with E-state index in [1.807, 2.05) is 6.07 Å². The van der Waals surface area contributed by atoms with Gasteiger partial charge in [-0.3, -0.25) is 9.05 Å². The molecule has 5 nitrogen and oxygen atoms in total. The third kappa shape index (κ3) is 16.1. The van der Waals surface area contributed by atoms with Crippen molar-refractivity contribution in [2.45, 2.75) is 135 Å². The van der Waals surface area contributed by atoms with Gasteiger partial charge in [0.2, 0.25) is 0 Å². The summed E-state index contributed by atoms with van der Waals surface area (Å²) in [5.41, 5.74) is 1.33. The molecule has 1 aromatic rings. The van der Waals surface area contributed by atoms with Crippen molar-refractivity contribution in [2.75, 3.05) is 26.7 Å². The van der Waals surface area contributed by atoms with Gasteiger partial charge in [-0.15, -0.1) is 0 Å². The highest BCUT2D eigenvalue weighted by Gasteiger charge is 2.35. The fourth-order valence-corrected chi connectivity index (χ4v) is 6.51. The lowest BCUT2D eigenvalue weighted by Crippen LogP contribution is -2.50. The van der Waals surface area contributed by atoms with Gasteiger partial charge in [0.1, 0.15) is 6.54 Å². The molecular formula is C31H57NO4P+. The summed E-state index contributed by atoms with van der Waals surface area (Å²) in [5.74, 6) is 0. The summed E-state index contributed by atoms with van der Waals surface area (Å²) in [7, 11) is -1.71. The second kappa shape index (κ2) is 19.4. The van der Waals surface area contributed by atoms with Crippen molar-refractivity contribution >= 4 is 7.82 Å². The maximum Gasteiger partial charge on any atom is 0.472 e. The van der Waals surface area contributed by atoms with Gasteiger partial charge in [0.05, 0.1) is 32.8 Å². The van der Waals surface area contributed by atoms with E-state index in [1.165, 1.54) is 95.5 Å². The van der Waals surface area contributed by atoms with Crippen molar-refractivity contribution in [1.82, 2.24) is 0 Å². The zero-order valence-electron chi connectivity index (χ0n) is 24.1. The van der Waals surface area contributed by atoms with Crippen LogP contribution < -0.4 is 0 Å². The van der Waals surface area contributed by atoms with Crippen molar-refractivity contribution in [3.05, 3.63) is 35.9 Å². The van der Waals surface area contributed by atoms with Crippen LogP contribution in [-0.2, 0) is 20.2 Å². The number of phosphoric acid groups is 1. The fraction of sp³-hybridized carbons (Fsp3) is 0.806. The van der Waals surface area contributed by atoms with E-state index in [1.54, 1.807) is 0 Å². The number of piperidine rings is 1. The Labute approximate surface area is 228 Å². The summed E-state index contributed by atoms with van der Waals surface area (Å²) in [6, 6.07) is 10.5. The van der Waals surface area contributed by atoms with Gasteiger partial charge in [0, 0.05) is 18.4 Å². The number of rotatable bonds is 22. The lowest BCUT2D eigenvalue weighted by molar-refractivity contribution is -0.927. The van der Waals surface area contributed by atoms with Crippen molar-refractivity contribution < 1.29 is 23.0 Å². The molecule has 2 rings (SSSR count). The molecule has 0 aromatic heterocycles. The molecule has 1 atom stereocenters. The minimum atomic E-state index is -3.97. The van der Waals surface area contributed by atoms with E-state index < -0.39 is 7.82 Å². The predicted molar refractivity (Wildman–Crippen MR) is 155 cm³/mol. The Kier molecular flexibility index (Phi) is 17.0. The largest absolute Gasteiger partial charge is 0.472 e. The highest BCUT2D eigenvalue weighted by Crippen LogP contribution is 2.46. The van der Waals surface area contributed by atoms with Gasteiger partial charge < -0.3 is 9.38 Å². The SMILES string of the molecule is CCCCCCCCCCCCCCCCCCOP(=O)(O)OC1CC[N+](C)(Cc2ccccc2)CC1. The van der Waals surface area contributed by atoms with Crippen molar-refractivity contribution in [1.29, 1.82) is 0 Å². The van der Waals surface area contributed by atoms with E-state index in [0.29, 0.717) is 6.61 Å². The third-order valence-corrected chi connectivity index (χ3v) is 9.00. The molecule has 0 amide bonds. The Morgan fingerprint density at radius 1 is 0.784 bits per heavy atom. The summed E-state index contributed by atoms with van der Waals surface area (Å²) in [5, 5.41) is 0. The highest BCUT2D eigenvalue weighted by molar-refractivity contribution is 7.47. The molecule has 0 saturated carbocycles. The zero-order valence-corrected chi connectivity index (χ0v) is 25.0. The van der Waals surface area contributed by atoms with E-state index in [4.69, 9.17) is 9.05 Å². The van der Waals surface area contributed by atoms with Crippen LogP contribution in [0.1, 0.15) is 128 Å². The van der Waals surface area contributed by atoms with Crippen LogP contribution in [0.4, 0.5) is 0 Å². The number of benzene rings is 1. The molecule has 1 saturated heterocycles. The van der Waals surface area contributed by atoms with Crippen LogP contribution in [0, 0.1) is 0 Å². The Morgan fingerprint density at radius 3 is 1.73 bits per heavy atom. The molecule has 1 heterocycles. The van der Waals surface area contributed by atoms with Crippen LogP contribution in [-0.4, -0.2) is 42.2 Å². The van der Waals surface area contributed by atoms with Crippen LogP contribution in [0.25, 0.3) is 0 Å². The first kappa shape index (κ1) is 32.5. The minimum Gasteiger partial charge on any atom is -0.322 e. The monoisotopic (exact) mass is 538 g/mol. The van der Waals surface area contributed by atoms with Gasteiger partial charge in [0.25, 0.3) is 0 Å².